The van der Waals surface area contributed by atoms with Crippen LogP contribution in [-0.4, -0.2) is 9.78 Å². The summed E-state index contributed by atoms with van der Waals surface area (Å²) in [5.41, 5.74) is 4.85. The van der Waals surface area contributed by atoms with Gasteiger partial charge in [-0.05, 0) is 34.7 Å². The quantitative estimate of drug-likeness (QED) is 0.665. The van der Waals surface area contributed by atoms with E-state index in [0.717, 1.165) is 16.8 Å². The lowest BCUT2D eigenvalue weighted by Gasteiger charge is -2.13. The number of hydrogen-bond acceptors (Lipinski definition) is 3. The molecule has 0 amide bonds. The maximum Gasteiger partial charge on any atom is 0.416 e. The van der Waals surface area contributed by atoms with Crippen molar-refractivity contribution in [3.63, 3.8) is 0 Å². The van der Waals surface area contributed by atoms with E-state index in [9.17, 15) is 13.2 Å². The van der Waals surface area contributed by atoms with Crippen LogP contribution in [0.3, 0.4) is 0 Å². The van der Waals surface area contributed by atoms with Gasteiger partial charge < -0.3 is 5.73 Å². The van der Waals surface area contributed by atoms with E-state index in [2.05, 4.69) is 5.10 Å². The van der Waals surface area contributed by atoms with Crippen molar-refractivity contribution in [1.29, 1.82) is 5.26 Å². The lowest BCUT2D eigenvalue weighted by molar-refractivity contribution is -0.137. The summed E-state index contributed by atoms with van der Waals surface area (Å²) in [6.45, 7) is 0. The third-order valence-corrected chi connectivity index (χ3v) is 3.88. The summed E-state index contributed by atoms with van der Waals surface area (Å²) >= 11 is 13.5. The minimum absolute atomic E-state index is 0.0109. The second-order valence-electron chi connectivity index (χ2n) is 3.86. The number of hydrogen-bond donors (Lipinski definition) is 1. The van der Waals surface area contributed by atoms with Crippen molar-refractivity contribution in [1.82, 2.24) is 9.78 Å². The predicted octanol–water partition coefficient (Wildman–Crippen LogP) is 4.26. The first kappa shape index (κ1) is 16.2. The normalized spacial score (nSPS) is 11.5. The van der Waals surface area contributed by atoms with Gasteiger partial charge in [0, 0.05) is 0 Å². The number of benzene rings is 1. The van der Waals surface area contributed by atoms with Gasteiger partial charge in [-0.2, -0.15) is 23.5 Å². The van der Waals surface area contributed by atoms with Crippen LogP contribution in [0.2, 0.25) is 10.0 Å². The minimum Gasteiger partial charge on any atom is -0.382 e. The molecule has 2 N–H and O–H groups in total. The van der Waals surface area contributed by atoms with E-state index in [4.69, 9.17) is 34.2 Å². The fourth-order valence-electron chi connectivity index (χ4n) is 1.61. The third-order valence-electron chi connectivity index (χ3n) is 2.55. The Morgan fingerprint density at radius 1 is 1.29 bits per heavy atom. The Morgan fingerprint density at radius 3 is 2.19 bits per heavy atom. The molecule has 0 aliphatic carbocycles. The number of halogens is 6. The lowest BCUT2D eigenvalue weighted by Crippen LogP contribution is -2.08. The Hall–Kier alpha value is -1.18. The molecule has 110 valence electrons. The van der Waals surface area contributed by atoms with Crippen LogP contribution < -0.4 is 5.73 Å². The van der Waals surface area contributed by atoms with Crippen LogP contribution in [0.25, 0.3) is 5.69 Å². The van der Waals surface area contributed by atoms with Gasteiger partial charge in [0.2, 0.25) is 0 Å². The topological polar surface area (TPSA) is 67.6 Å². The molecule has 0 fully saturated rings. The number of nitriles is 1. The second kappa shape index (κ2) is 5.55. The summed E-state index contributed by atoms with van der Waals surface area (Å²) in [5.74, 6) is -0.0505. The highest BCUT2D eigenvalue weighted by Gasteiger charge is 2.32. The van der Waals surface area contributed by atoms with Gasteiger partial charge in [-0.25, -0.2) is 4.68 Å². The first-order chi connectivity index (χ1) is 9.66. The van der Waals surface area contributed by atoms with Crippen molar-refractivity contribution >= 4 is 51.6 Å². The fourth-order valence-corrected chi connectivity index (χ4v) is 2.87. The molecule has 1 aromatic heterocycles. The molecule has 1 heterocycles. The van der Waals surface area contributed by atoms with E-state index >= 15 is 0 Å². The average molecular weight is 447 g/mol. The second-order valence-corrected chi connectivity index (χ2v) is 5.70. The molecule has 0 aliphatic heterocycles. The van der Waals surface area contributed by atoms with E-state index < -0.39 is 11.7 Å². The number of aromatic nitrogens is 2. The van der Waals surface area contributed by atoms with Crippen molar-refractivity contribution in [2.45, 2.75) is 6.18 Å². The van der Waals surface area contributed by atoms with E-state index in [1.54, 1.807) is 22.6 Å². The molecule has 0 atom stereocenters. The van der Waals surface area contributed by atoms with Crippen LogP contribution in [0.15, 0.2) is 12.1 Å². The molecular formula is C11H4Cl2F3IN4. The SMILES string of the molecule is N#Cc1c(I)nn(-c2c(Cl)cc(C(F)(F)F)cc2Cl)c1N. The Balaban J connectivity index is 2.70. The number of nitrogens with zero attached hydrogens (tertiary/aromatic N) is 3. The smallest absolute Gasteiger partial charge is 0.382 e. The first-order valence-electron chi connectivity index (χ1n) is 5.17. The molecule has 2 aromatic rings. The Kier molecular flexibility index (Phi) is 4.28. The predicted molar refractivity (Wildman–Crippen MR) is 80.4 cm³/mol. The Bertz CT molecular complexity index is 741. The summed E-state index contributed by atoms with van der Waals surface area (Å²) in [4.78, 5) is 0. The molecule has 21 heavy (non-hydrogen) atoms. The van der Waals surface area contributed by atoms with Crippen LogP contribution in [0.1, 0.15) is 11.1 Å². The van der Waals surface area contributed by atoms with E-state index in [-0.39, 0.29) is 27.1 Å². The van der Waals surface area contributed by atoms with Gasteiger partial charge in [-0.3, -0.25) is 0 Å². The van der Waals surface area contributed by atoms with Crippen LogP contribution in [0, 0.1) is 15.0 Å². The standard InChI is InChI=1S/C11H4Cl2F3IN4/c12-6-1-4(11(14,15)16)2-7(13)8(6)21-10(19)5(3-18)9(17)20-21/h1-2H,19H2. The average Bonchev–Trinajstić information content (AvgIpc) is 2.62. The van der Waals surface area contributed by atoms with Crippen molar-refractivity contribution in [2.24, 2.45) is 0 Å². The Morgan fingerprint density at radius 2 is 1.81 bits per heavy atom. The van der Waals surface area contributed by atoms with Gasteiger partial charge >= 0.3 is 6.18 Å². The molecule has 4 nitrogen and oxygen atoms in total. The number of alkyl halides is 3. The lowest BCUT2D eigenvalue weighted by atomic mass is 10.2. The molecule has 0 bridgehead atoms. The molecule has 0 saturated heterocycles. The van der Waals surface area contributed by atoms with Gasteiger partial charge in [0.1, 0.15) is 26.8 Å². The molecular weight excluding hydrogens is 443 g/mol. The largest absolute Gasteiger partial charge is 0.416 e. The summed E-state index contributed by atoms with van der Waals surface area (Å²) in [6, 6.07) is 3.30. The number of nitrogens with two attached hydrogens (primary N) is 1. The molecule has 0 radical (unpaired) electrons. The van der Waals surface area contributed by atoms with Crippen molar-refractivity contribution < 1.29 is 13.2 Å². The summed E-state index contributed by atoms with van der Waals surface area (Å²) in [7, 11) is 0. The van der Waals surface area contributed by atoms with E-state index in [1.165, 1.54) is 0 Å². The molecule has 2 rings (SSSR count). The summed E-state index contributed by atoms with van der Waals surface area (Å²) < 4.78 is 39.4. The summed E-state index contributed by atoms with van der Waals surface area (Å²) in [5, 5.41) is 12.4. The highest BCUT2D eigenvalue weighted by Crippen LogP contribution is 2.38. The van der Waals surface area contributed by atoms with Crippen molar-refractivity contribution in [3.05, 3.63) is 37.0 Å². The molecule has 0 saturated carbocycles. The van der Waals surface area contributed by atoms with Gasteiger partial charge in [-0.15, -0.1) is 0 Å². The van der Waals surface area contributed by atoms with Gasteiger partial charge in [0.05, 0.1) is 15.6 Å². The van der Waals surface area contributed by atoms with Crippen LogP contribution in [0.5, 0.6) is 0 Å². The number of anilines is 1. The fraction of sp³-hybridized carbons (Fsp3) is 0.0909. The maximum atomic E-state index is 12.7. The van der Waals surface area contributed by atoms with Gasteiger partial charge in [-0.1, -0.05) is 23.2 Å². The van der Waals surface area contributed by atoms with Crippen molar-refractivity contribution in [2.75, 3.05) is 5.73 Å². The zero-order valence-electron chi connectivity index (χ0n) is 9.84. The highest BCUT2D eigenvalue weighted by molar-refractivity contribution is 14.1. The summed E-state index contributed by atoms with van der Waals surface area (Å²) in [6.07, 6.45) is -4.58. The van der Waals surface area contributed by atoms with E-state index in [0.29, 0.717) is 3.70 Å². The van der Waals surface area contributed by atoms with Crippen LogP contribution in [-0.2, 0) is 6.18 Å². The van der Waals surface area contributed by atoms with Gasteiger partial charge in [0.15, 0.2) is 0 Å². The molecule has 10 heteroatoms. The molecule has 0 spiro atoms. The minimum atomic E-state index is -4.58. The Labute approximate surface area is 140 Å². The molecule has 1 aromatic carbocycles. The zero-order chi connectivity index (χ0) is 15.9. The van der Waals surface area contributed by atoms with Crippen LogP contribution >= 0.6 is 45.8 Å². The maximum absolute atomic E-state index is 12.7. The van der Waals surface area contributed by atoms with E-state index in [1.807, 2.05) is 6.07 Å². The number of rotatable bonds is 1. The monoisotopic (exact) mass is 446 g/mol. The number of nitrogen functional groups attached to an aromatic ring is 1. The zero-order valence-corrected chi connectivity index (χ0v) is 13.5. The van der Waals surface area contributed by atoms with Crippen LogP contribution in [0.4, 0.5) is 19.0 Å². The molecule has 0 unspecified atom stereocenters. The van der Waals surface area contributed by atoms with Gasteiger partial charge in [0.25, 0.3) is 0 Å². The highest BCUT2D eigenvalue weighted by atomic mass is 127. The third kappa shape index (κ3) is 2.90. The molecule has 0 aliphatic rings. The van der Waals surface area contributed by atoms with Crippen molar-refractivity contribution in [3.8, 4) is 11.8 Å². The first-order valence-corrected chi connectivity index (χ1v) is 7.01.